The summed E-state index contributed by atoms with van der Waals surface area (Å²) in [5.41, 5.74) is 0. The molecule has 0 aromatic heterocycles. The molecule has 0 spiro atoms. The molecule has 2 nitrogen and oxygen atoms in total. The molecule has 1 saturated heterocycles. The van der Waals surface area contributed by atoms with Gasteiger partial charge in [0.25, 0.3) is 0 Å². The van der Waals surface area contributed by atoms with Crippen LogP contribution < -0.4 is 0 Å². The van der Waals surface area contributed by atoms with E-state index in [1.807, 2.05) is 13.8 Å². The number of rotatable bonds is 1. The summed E-state index contributed by atoms with van der Waals surface area (Å²) in [6.45, 7) is 4.70. The molecule has 1 rings (SSSR count). The van der Waals surface area contributed by atoms with Crippen LogP contribution in [0.2, 0.25) is 0 Å². The van der Waals surface area contributed by atoms with Crippen LogP contribution in [0.5, 0.6) is 0 Å². The molecular weight excluding hydrogens is 128 g/mol. The van der Waals surface area contributed by atoms with E-state index in [1.54, 1.807) is 0 Å². The molecule has 0 bridgehead atoms. The lowest BCUT2D eigenvalue weighted by Crippen LogP contribution is -2.40. The topological polar surface area (TPSA) is 29.5 Å². The molecule has 1 fully saturated rings. The minimum Gasteiger partial charge on any atom is -0.365 e. The standard InChI is InChI=1S/C8H16O2/c1-7(2)8(9)5-3-4-6-10-8/h7,9H,3-6H2,1-2H3. The van der Waals surface area contributed by atoms with Gasteiger partial charge in [-0.25, -0.2) is 0 Å². The van der Waals surface area contributed by atoms with Crippen LogP contribution in [0.25, 0.3) is 0 Å². The van der Waals surface area contributed by atoms with Gasteiger partial charge in [-0.1, -0.05) is 13.8 Å². The molecule has 0 aromatic rings. The molecule has 1 aliphatic rings. The second-order valence-corrected chi connectivity index (χ2v) is 3.31. The maximum atomic E-state index is 9.73. The van der Waals surface area contributed by atoms with Gasteiger partial charge >= 0.3 is 0 Å². The number of ether oxygens (including phenoxy) is 1. The van der Waals surface area contributed by atoms with Crippen LogP contribution in [0.1, 0.15) is 33.1 Å². The molecule has 0 radical (unpaired) electrons. The van der Waals surface area contributed by atoms with Gasteiger partial charge in [0.2, 0.25) is 0 Å². The molecule has 0 amide bonds. The van der Waals surface area contributed by atoms with Crippen LogP contribution >= 0.6 is 0 Å². The first-order valence-electron chi connectivity index (χ1n) is 4.01. The van der Waals surface area contributed by atoms with Crippen molar-refractivity contribution in [3.05, 3.63) is 0 Å². The van der Waals surface area contributed by atoms with Crippen LogP contribution in [0.15, 0.2) is 0 Å². The Hall–Kier alpha value is -0.0800. The molecule has 0 aliphatic carbocycles. The van der Waals surface area contributed by atoms with E-state index in [1.165, 1.54) is 0 Å². The predicted octanol–water partition coefficient (Wildman–Crippen LogP) is 1.53. The fourth-order valence-electron chi connectivity index (χ4n) is 1.26. The summed E-state index contributed by atoms with van der Waals surface area (Å²) < 4.78 is 5.28. The van der Waals surface area contributed by atoms with Crippen molar-refractivity contribution in [2.75, 3.05) is 6.61 Å². The maximum Gasteiger partial charge on any atom is 0.167 e. The second-order valence-electron chi connectivity index (χ2n) is 3.31. The quantitative estimate of drug-likeness (QED) is 0.604. The van der Waals surface area contributed by atoms with Crippen molar-refractivity contribution in [2.45, 2.75) is 38.9 Å². The summed E-state index contributed by atoms with van der Waals surface area (Å²) in [7, 11) is 0. The summed E-state index contributed by atoms with van der Waals surface area (Å²) in [4.78, 5) is 0. The zero-order chi connectivity index (χ0) is 7.61. The molecule has 1 aliphatic heterocycles. The van der Waals surface area contributed by atoms with Gasteiger partial charge in [-0.05, 0) is 12.8 Å². The largest absolute Gasteiger partial charge is 0.365 e. The number of hydrogen-bond acceptors (Lipinski definition) is 2. The summed E-state index contributed by atoms with van der Waals surface area (Å²) >= 11 is 0. The van der Waals surface area contributed by atoms with E-state index in [-0.39, 0.29) is 5.92 Å². The molecule has 0 saturated carbocycles. The Bertz CT molecular complexity index is 104. The van der Waals surface area contributed by atoms with Gasteiger partial charge in [-0.2, -0.15) is 0 Å². The Morgan fingerprint density at radius 2 is 2.10 bits per heavy atom. The molecule has 2 heteroatoms. The first-order valence-corrected chi connectivity index (χ1v) is 4.01. The lowest BCUT2D eigenvalue weighted by molar-refractivity contribution is -0.249. The van der Waals surface area contributed by atoms with E-state index in [0.717, 1.165) is 19.3 Å². The van der Waals surface area contributed by atoms with Crippen molar-refractivity contribution in [3.8, 4) is 0 Å². The van der Waals surface area contributed by atoms with Crippen molar-refractivity contribution in [2.24, 2.45) is 5.92 Å². The van der Waals surface area contributed by atoms with Crippen molar-refractivity contribution < 1.29 is 9.84 Å². The van der Waals surface area contributed by atoms with Crippen LogP contribution in [0.3, 0.4) is 0 Å². The normalized spacial score (nSPS) is 34.8. The van der Waals surface area contributed by atoms with Crippen LogP contribution in [-0.4, -0.2) is 17.5 Å². The molecule has 10 heavy (non-hydrogen) atoms. The minimum atomic E-state index is -0.821. The molecule has 1 heterocycles. The molecule has 1 N–H and O–H groups in total. The summed E-state index contributed by atoms with van der Waals surface area (Å²) in [5, 5.41) is 9.73. The van der Waals surface area contributed by atoms with E-state index < -0.39 is 5.79 Å². The van der Waals surface area contributed by atoms with Crippen molar-refractivity contribution in [1.82, 2.24) is 0 Å². The van der Waals surface area contributed by atoms with Crippen LogP contribution in [0, 0.1) is 5.92 Å². The summed E-state index contributed by atoms with van der Waals surface area (Å²) in [6.07, 6.45) is 2.98. The first kappa shape index (κ1) is 8.02. The Morgan fingerprint density at radius 1 is 1.40 bits per heavy atom. The fraction of sp³-hybridized carbons (Fsp3) is 1.00. The molecular formula is C8H16O2. The molecule has 1 atom stereocenters. The van der Waals surface area contributed by atoms with Gasteiger partial charge in [0, 0.05) is 12.3 Å². The van der Waals surface area contributed by atoms with E-state index in [2.05, 4.69) is 0 Å². The van der Waals surface area contributed by atoms with Gasteiger partial charge in [0.05, 0.1) is 6.61 Å². The minimum absolute atomic E-state index is 0.216. The van der Waals surface area contributed by atoms with Crippen LogP contribution in [-0.2, 0) is 4.74 Å². The molecule has 0 aromatic carbocycles. The SMILES string of the molecule is CC(C)C1(O)CCCCO1. The fourth-order valence-corrected chi connectivity index (χ4v) is 1.26. The van der Waals surface area contributed by atoms with E-state index in [0.29, 0.717) is 6.61 Å². The molecule has 1 unspecified atom stereocenters. The highest BCUT2D eigenvalue weighted by atomic mass is 16.6. The number of hydrogen-bond donors (Lipinski definition) is 1. The second kappa shape index (κ2) is 2.89. The lowest BCUT2D eigenvalue weighted by Gasteiger charge is -2.35. The van der Waals surface area contributed by atoms with Gasteiger partial charge < -0.3 is 9.84 Å². The number of aliphatic hydroxyl groups is 1. The Kier molecular flexibility index (Phi) is 2.32. The maximum absolute atomic E-state index is 9.73. The zero-order valence-corrected chi connectivity index (χ0v) is 6.76. The third-order valence-electron chi connectivity index (χ3n) is 2.18. The average molecular weight is 144 g/mol. The monoisotopic (exact) mass is 144 g/mol. The summed E-state index contributed by atoms with van der Waals surface area (Å²) in [5.74, 6) is -0.606. The average Bonchev–Trinajstić information content (AvgIpc) is 1.89. The predicted molar refractivity (Wildman–Crippen MR) is 39.6 cm³/mol. The Labute approximate surface area is 62.2 Å². The van der Waals surface area contributed by atoms with Gasteiger partial charge in [-0.3, -0.25) is 0 Å². The van der Waals surface area contributed by atoms with Gasteiger partial charge in [0.15, 0.2) is 5.79 Å². The summed E-state index contributed by atoms with van der Waals surface area (Å²) in [6, 6.07) is 0. The Morgan fingerprint density at radius 3 is 2.40 bits per heavy atom. The third kappa shape index (κ3) is 1.50. The Balaban J connectivity index is 2.48. The van der Waals surface area contributed by atoms with Crippen molar-refractivity contribution in [1.29, 1.82) is 0 Å². The van der Waals surface area contributed by atoms with Crippen LogP contribution in [0.4, 0.5) is 0 Å². The van der Waals surface area contributed by atoms with Gasteiger partial charge in [-0.15, -0.1) is 0 Å². The van der Waals surface area contributed by atoms with Crippen molar-refractivity contribution >= 4 is 0 Å². The van der Waals surface area contributed by atoms with E-state index in [9.17, 15) is 5.11 Å². The van der Waals surface area contributed by atoms with E-state index >= 15 is 0 Å². The highest BCUT2D eigenvalue weighted by Gasteiger charge is 2.33. The smallest absolute Gasteiger partial charge is 0.167 e. The highest BCUT2D eigenvalue weighted by Crippen LogP contribution is 2.28. The molecule has 60 valence electrons. The highest BCUT2D eigenvalue weighted by molar-refractivity contribution is 4.74. The lowest BCUT2D eigenvalue weighted by atomic mass is 9.95. The van der Waals surface area contributed by atoms with E-state index in [4.69, 9.17) is 4.74 Å². The third-order valence-corrected chi connectivity index (χ3v) is 2.18. The zero-order valence-electron chi connectivity index (χ0n) is 6.76. The first-order chi connectivity index (χ1) is 4.65. The van der Waals surface area contributed by atoms with Gasteiger partial charge in [0.1, 0.15) is 0 Å². The van der Waals surface area contributed by atoms with Crippen molar-refractivity contribution in [3.63, 3.8) is 0 Å².